The monoisotopic (exact) mass is 534 g/mol. The van der Waals surface area contributed by atoms with Crippen LogP contribution in [-0.4, -0.2) is 36.5 Å². The molecule has 4 N–H and O–H groups in total. The second kappa shape index (κ2) is 9.03. The van der Waals surface area contributed by atoms with Crippen LogP contribution in [0.5, 0.6) is 5.75 Å². The number of carboxylic acid groups (broad SMARTS) is 1. The van der Waals surface area contributed by atoms with E-state index in [0.717, 1.165) is 0 Å². The summed E-state index contributed by atoms with van der Waals surface area (Å²) in [5.41, 5.74) is 0.910. The quantitative estimate of drug-likeness (QED) is 0.431. The number of aliphatic carboxylic acids is 1. The predicted molar refractivity (Wildman–Crippen MR) is 110 cm³/mol. The number of carbonyl (C=O) groups is 2. The lowest BCUT2D eigenvalue weighted by molar-refractivity contribution is -0.138. The van der Waals surface area contributed by atoms with Gasteiger partial charge in [0.25, 0.3) is 0 Å². The summed E-state index contributed by atoms with van der Waals surface area (Å²) in [6.07, 6.45) is -0.143. The maximum atomic E-state index is 12.5. The minimum Gasteiger partial charge on any atom is -0.506 e. The lowest BCUT2D eigenvalue weighted by Gasteiger charge is -2.16. The Balaban J connectivity index is 2.23. The molecule has 0 aliphatic rings. The number of carboxylic acids is 1. The van der Waals surface area contributed by atoms with Crippen LogP contribution in [0.1, 0.15) is 12.5 Å². The molecule has 8 nitrogen and oxygen atoms in total. The highest BCUT2D eigenvalue weighted by molar-refractivity contribution is 9.11. The summed E-state index contributed by atoms with van der Waals surface area (Å²) in [7, 11) is -4.11. The van der Waals surface area contributed by atoms with E-state index in [9.17, 15) is 28.2 Å². The Morgan fingerprint density at radius 1 is 1.11 bits per heavy atom. The van der Waals surface area contributed by atoms with E-state index in [2.05, 4.69) is 41.9 Å². The lowest BCUT2D eigenvalue weighted by atomic mass is 10.1. The molecule has 2 rings (SSSR count). The zero-order valence-corrected chi connectivity index (χ0v) is 18.4. The van der Waals surface area contributed by atoms with Gasteiger partial charge in [-0.3, -0.25) is 9.59 Å². The van der Waals surface area contributed by atoms with E-state index < -0.39 is 22.0 Å². The molecule has 0 radical (unpaired) electrons. The first kappa shape index (κ1) is 22.3. The van der Waals surface area contributed by atoms with Crippen LogP contribution in [0.2, 0.25) is 0 Å². The van der Waals surface area contributed by atoms with Gasteiger partial charge in [0.1, 0.15) is 11.8 Å². The lowest BCUT2D eigenvalue weighted by Crippen LogP contribution is -2.42. The zero-order chi connectivity index (χ0) is 21.1. The van der Waals surface area contributed by atoms with Crippen molar-refractivity contribution in [2.75, 3.05) is 5.32 Å². The molecule has 0 saturated heterocycles. The number of anilines is 1. The summed E-state index contributed by atoms with van der Waals surface area (Å²) in [6, 6.07) is 6.92. The molecule has 11 heteroatoms. The van der Waals surface area contributed by atoms with Crippen LogP contribution < -0.4 is 10.0 Å². The fourth-order valence-corrected chi connectivity index (χ4v) is 4.80. The Bertz CT molecular complexity index is 986. The minimum atomic E-state index is -4.11. The second-order valence-corrected chi connectivity index (χ2v) is 9.25. The van der Waals surface area contributed by atoms with Crippen LogP contribution in [-0.2, 0) is 26.0 Å². The van der Waals surface area contributed by atoms with E-state index in [-0.39, 0.29) is 23.0 Å². The van der Waals surface area contributed by atoms with Crippen molar-refractivity contribution in [2.45, 2.75) is 24.3 Å². The molecule has 0 aliphatic carbocycles. The molecule has 0 aliphatic heterocycles. The van der Waals surface area contributed by atoms with Crippen LogP contribution in [0, 0.1) is 0 Å². The number of rotatable bonds is 7. The Kier molecular flexibility index (Phi) is 7.21. The van der Waals surface area contributed by atoms with E-state index in [1.807, 2.05) is 0 Å². The standard InChI is InChI=1S/C17H16Br2N2O6S/c1-9(22)20-11-2-4-12(5-3-11)28(26,27)21-15(17(24)25)8-10-6-13(18)16(23)14(19)7-10/h2-7,15,21,23H,8H2,1H3,(H,20,22)(H,24,25)/t15-/m1/s1. The van der Waals surface area contributed by atoms with Gasteiger partial charge in [0.15, 0.2) is 0 Å². The molecular formula is C17H16Br2N2O6S. The summed E-state index contributed by atoms with van der Waals surface area (Å²) in [5, 5.41) is 21.7. The zero-order valence-electron chi connectivity index (χ0n) is 14.4. The van der Waals surface area contributed by atoms with Crippen molar-refractivity contribution in [1.82, 2.24) is 4.72 Å². The highest BCUT2D eigenvalue weighted by Crippen LogP contribution is 2.33. The van der Waals surface area contributed by atoms with Crippen molar-refractivity contribution in [1.29, 1.82) is 0 Å². The summed E-state index contributed by atoms with van der Waals surface area (Å²) in [4.78, 5) is 22.5. The number of nitrogens with one attached hydrogen (secondary N) is 2. The molecule has 0 saturated carbocycles. The Labute approximate surface area is 178 Å². The molecule has 2 aromatic carbocycles. The first-order valence-electron chi connectivity index (χ1n) is 7.79. The highest BCUT2D eigenvalue weighted by atomic mass is 79.9. The van der Waals surface area contributed by atoms with Crippen LogP contribution in [0.3, 0.4) is 0 Å². The number of phenolic OH excluding ortho intramolecular Hbond substituents is 1. The van der Waals surface area contributed by atoms with Gasteiger partial charge in [0.2, 0.25) is 15.9 Å². The SMILES string of the molecule is CC(=O)Nc1ccc(S(=O)(=O)N[C@H](Cc2cc(Br)c(O)c(Br)c2)C(=O)O)cc1. The smallest absolute Gasteiger partial charge is 0.322 e. The molecule has 0 bridgehead atoms. The maximum Gasteiger partial charge on any atom is 0.322 e. The van der Waals surface area contributed by atoms with Gasteiger partial charge in [-0.25, -0.2) is 8.42 Å². The average Bonchev–Trinajstić information content (AvgIpc) is 2.58. The molecule has 1 amide bonds. The van der Waals surface area contributed by atoms with Crippen molar-refractivity contribution in [2.24, 2.45) is 0 Å². The van der Waals surface area contributed by atoms with E-state index in [0.29, 0.717) is 20.2 Å². The van der Waals surface area contributed by atoms with Gasteiger partial charge in [-0.2, -0.15) is 4.72 Å². The van der Waals surface area contributed by atoms with Crippen molar-refractivity contribution in [3.8, 4) is 5.75 Å². The van der Waals surface area contributed by atoms with Gasteiger partial charge >= 0.3 is 5.97 Å². The Hall–Kier alpha value is -1.95. The number of hydrogen-bond acceptors (Lipinski definition) is 5. The number of hydrogen-bond donors (Lipinski definition) is 4. The van der Waals surface area contributed by atoms with E-state index in [1.165, 1.54) is 43.3 Å². The number of phenols is 1. The van der Waals surface area contributed by atoms with Gasteiger partial charge in [-0.15, -0.1) is 0 Å². The van der Waals surface area contributed by atoms with Gasteiger partial charge < -0.3 is 15.5 Å². The van der Waals surface area contributed by atoms with Crippen LogP contribution in [0.15, 0.2) is 50.2 Å². The molecule has 0 fully saturated rings. The largest absolute Gasteiger partial charge is 0.506 e. The number of aromatic hydroxyl groups is 1. The minimum absolute atomic E-state index is 0.0459. The summed E-state index contributed by atoms with van der Waals surface area (Å²) in [5.74, 6) is -1.69. The summed E-state index contributed by atoms with van der Waals surface area (Å²) in [6.45, 7) is 1.32. The van der Waals surface area contributed by atoms with Gasteiger partial charge in [0.05, 0.1) is 13.8 Å². The third-order valence-electron chi connectivity index (χ3n) is 3.60. The maximum absolute atomic E-state index is 12.5. The van der Waals surface area contributed by atoms with Gasteiger partial charge in [-0.1, -0.05) is 0 Å². The van der Waals surface area contributed by atoms with E-state index in [4.69, 9.17) is 0 Å². The average molecular weight is 536 g/mol. The highest BCUT2D eigenvalue weighted by Gasteiger charge is 2.26. The molecule has 0 spiro atoms. The fourth-order valence-electron chi connectivity index (χ4n) is 2.33. The van der Waals surface area contributed by atoms with Crippen molar-refractivity contribution in [3.05, 3.63) is 50.9 Å². The summed E-state index contributed by atoms with van der Waals surface area (Å²) < 4.78 is 27.9. The molecule has 1 atom stereocenters. The normalized spacial score (nSPS) is 12.4. The van der Waals surface area contributed by atoms with Crippen molar-refractivity contribution >= 4 is 59.4 Å². The molecule has 0 unspecified atom stereocenters. The first-order valence-corrected chi connectivity index (χ1v) is 10.9. The first-order chi connectivity index (χ1) is 13.0. The third kappa shape index (κ3) is 5.77. The Morgan fingerprint density at radius 3 is 2.11 bits per heavy atom. The number of sulfonamides is 1. The van der Waals surface area contributed by atoms with Crippen LogP contribution in [0.25, 0.3) is 0 Å². The van der Waals surface area contributed by atoms with Gasteiger partial charge in [0, 0.05) is 12.6 Å². The topological polar surface area (TPSA) is 133 Å². The Morgan fingerprint density at radius 2 is 1.64 bits per heavy atom. The third-order valence-corrected chi connectivity index (χ3v) is 6.29. The fraction of sp³-hybridized carbons (Fsp3) is 0.176. The van der Waals surface area contributed by atoms with Crippen LogP contribution in [0.4, 0.5) is 5.69 Å². The number of amides is 1. The molecule has 150 valence electrons. The summed E-state index contributed by atoms with van der Waals surface area (Å²) >= 11 is 6.30. The van der Waals surface area contributed by atoms with E-state index >= 15 is 0 Å². The number of benzene rings is 2. The molecule has 28 heavy (non-hydrogen) atoms. The molecule has 0 heterocycles. The van der Waals surface area contributed by atoms with E-state index in [1.54, 1.807) is 0 Å². The number of halogens is 2. The molecular weight excluding hydrogens is 520 g/mol. The van der Waals surface area contributed by atoms with Crippen LogP contribution >= 0.6 is 31.9 Å². The second-order valence-electron chi connectivity index (χ2n) is 5.83. The van der Waals surface area contributed by atoms with Gasteiger partial charge in [-0.05, 0) is 80.2 Å². The van der Waals surface area contributed by atoms with Crippen molar-refractivity contribution < 1.29 is 28.2 Å². The molecule has 0 aromatic heterocycles. The molecule has 2 aromatic rings. The number of carbonyl (C=O) groups excluding carboxylic acids is 1. The predicted octanol–water partition coefficient (Wildman–Crippen LogP) is 2.85. The van der Waals surface area contributed by atoms with Crippen molar-refractivity contribution in [3.63, 3.8) is 0 Å².